The van der Waals surface area contributed by atoms with Crippen molar-refractivity contribution < 1.29 is 13.2 Å². The molecule has 0 aliphatic rings. The summed E-state index contributed by atoms with van der Waals surface area (Å²) in [6.07, 6.45) is -1.58. The monoisotopic (exact) mass is 370 g/mol. The molecule has 0 fully saturated rings. The van der Waals surface area contributed by atoms with E-state index < -0.39 is 11.9 Å². The number of aromatic nitrogens is 4. The summed E-state index contributed by atoms with van der Waals surface area (Å²) >= 11 is 7.07. The lowest BCUT2D eigenvalue weighted by molar-refractivity contribution is -0.141. The number of hydrogen-bond donors (Lipinski definition) is 0. The zero-order chi connectivity index (χ0) is 17.2. The maximum atomic E-state index is 12.6. The van der Waals surface area contributed by atoms with E-state index in [0.29, 0.717) is 21.4 Å². The SMILES string of the molecule is FC(F)(F)c1cc(SCc2cn(-c3ccc(Cl)cc3)nn2)ccn1. The highest BCUT2D eigenvalue weighted by atomic mass is 35.5. The van der Waals surface area contributed by atoms with Gasteiger partial charge in [0, 0.05) is 21.9 Å². The molecular formula is C15H10ClF3N4S. The Kier molecular flexibility index (Phi) is 4.77. The van der Waals surface area contributed by atoms with Gasteiger partial charge in [-0.2, -0.15) is 13.2 Å². The second-order valence-electron chi connectivity index (χ2n) is 4.79. The van der Waals surface area contributed by atoms with Crippen molar-refractivity contribution in [2.75, 3.05) is 0 Å². The van der Waals surface area contributed by atoms with E-state index in [4.69, 9.17) is 11.6 Å². The molecule has 9 heteroatoms. The number of nitrogens with zero attached hydrogens (tertiary/aromatic N) is 4. The van der Waals surface area contributed by atoms with Crippen LogP contribution in [0, 0.1) is 0 Å². The Balaban J connectivity index is 1.69. The van der Waals surface area contributed by atoms with Crippen molar-refractivity contribution in [3.8, 4) is 5.69 Å². The quantitative estimate of drug-likeness (QED) is 0.628. The van der Waals surface area contributed by atoms with E-state index in [1.165, 1.54) is 17.8 Å². The van der Waals surface area contributed by atoms with Crippen molar-refractivity contribution in [1.29, 1.82) is 0 Å². The molecule has 3 aromatic rings. The zero-order valence-corrected chi connectivity index (χ0v) is 13.6. The van der Waals surface area contributed by atoms with Crippen LogP contribution in [0.15, 0.2) is 53.7 Å². The predicted molar refractivity (Wildman–Crippen MR) is 85.2 cm³/mol. The van der Waals surface area contributed by atoms with Gasteiger partial charge in [-0.05, 0) is 36.4 Å². The smallest absolute Gasteiger partial charge is 0.252 e. The minimum atomic E-state index is -4.45. The molecule has 2 aromatic heterocycles. The van der Waals surface area contributed by atoms with Gasteiger partial charge in [-0.25, -0.2) is 4.68 Å². The van der Waals surface area contributed by atoms with E-state index in [1.54, 1.807) is 35.1 Å². The molecule has 0 bridgehead atoms. The van der Waals surface area contributed by atoms with Gasteiger partial charge in [-0.1, -0.05) is 16.8 Å². The minimum Gasteiger partial charge on any atom is -0.252 e. The molecule has 0 spiro atoms. The second-order valence-corrected chi connectivity index (χ2v) is 6.28. The van der Waals surface area contributed by atoms with E-state index in [1.807, 2.05) is 0 Å². The molecule has 4 nitrogen and oxygen atoms in total. The van der Waals surface area contributed by atoms with Crippen LogP contribution in [0.3, 0.4) is 0 Å². The topological polar surface area (TPSA) is 43.6 Å². The fourth-order valence-electron chi connectivity index (χ4n) is 1.90. The molecule has 0 aliphatic carbocycles. The number of benzene rings is 1. The molecule has 0 N–H and O–H groups in total. The van der Waals surface area contributed by atoms with Gasteiger partial charge in [0.1, 0.15) is 5.69 Å². The Morgan fingerprint density at radius 1 is 1.12 bits per heavy atom. The van der Waals surface area contributed by atoms with Crippen LogP contribution in [-0.2, 0) is 11.9 Å². The van der Waals surface area contributed by atoms with Crippen LogP contribution in [0.25, 0.3) is 5.69 Å². The molecule has 0 saturated heterocycles. The molecule has 0 radical (unpaired) electrons. The van der Waals surface area contributed by atoms with Crippen LogP contribution in [0.4, 0.5) is 13.2 Å². The van der Waals surface area contributed by atoms with E-state index >= 15 is 0 Å². The van der Waals surface area contributed by atoms with Crippen LogP contribution in [0.5, 0.6) is 0 Å². The van der Waals surface area contributed by atoms with Gasteiger partial charge in [0.25, 0.3) is 0 Å². The average molecular weight is 371 g/mol. The third-order valence-electron chi connectivity index (χ3n) is 3.04. The van der Waals surface area contributed by atoms with Gasteiger partial charge < -0.3 is 0 Å². The normalized spacial score (nSPS) is 11.7. The highest BCUT2D eigenvalue weighted by molar-refractivity contribution is 7.98. The van der Waals surface area contributed by atoms with Gasteiger partial charge in [0.2, 0.25) is 0 Å². The molecule has 1 aromatic carbocycles. The molecule has 2 heterocycles. The molecule has 0 atom stereocenters. The summed E-state index contributed by atoms with van der Waals surface area (Å²) in [5, 5.41) is 8.64. The number of pyridine rings is 1. The maximum Gasteiger partial charge on any atom is 0.433 e. The Bertz CT molecular complexity index is 833. The molecule has 0 amide bonds. The summed E-state index contributed by atoms with van der Waals surface area (Å²) in [6.45, 7) is 0. The number of rotatable bonds is 4. The van der Waals surface area contributed by atoms with E-state index in [-0.39, 0.29) is 0 Å². The van der Waals surface area contributed by atoms with Crippen molar-refractivity contribution >= 4 is 23.4 Å². The Labute approximate surface area is 144 Å². The van der Waals surface area contributed by atoms with Gasteiger partial charge in [-0.3, -0.25) is 4.98 Å². The fourth-order valence-corrected chi connectivity index (χ4v) is 2.82. The zero-order valence-electron chi connectivity index (χ0n) is 12.0. The Morgan fingerprint density at radius 3 is 2.58 bits per heavy atom. The first-order valence-electron chi connectivity index (χ1n) is 6.75. The maximum absolute atomic E-state index is 12.6. The number of hydrogen-bond acceptors (Lipinski definition) is 4. The van der Waals surface area contributed by atoms with Gasteiger partial charge in [0.05, 0.1) is 17.6 Å². The van der Waals surface area contributed by atoms with E-state index in [9.17, 15) is 13.2 Å². The summed E-state index contributed by atoms with van der Waals surface area (Å²) in [5.41, 5.74) is 0.545. The van der Waals surface area contributed by atoms with Gasteiger partial charge in [-0.15, -0.1) is 16.9 Å². The standard InChI is InChI=1S/C15H10ClF3N4S/c16-10-1-3-12(4-2-10)23-8-11(21-22-23)9-24-13-5-6-20-14(7-13)15(17,18)19/h1-8H,9H2. The summed E-state index contributed by atoms with van der Waals surface area (Å²) in [7, 11) is 0. The Hall–Kier alpha value is -2.06. The molecule has 124 valence electrons. The molecule has 0 unspecified atom stereocenters. The summed E-state index contributed by atoms with van der Waals surface area (Å²) in [4.78, 5) is 3.81. The lowest BCUT2D eigenvalue weighted by atomic mass is 10.3. The Morgan fingerprint density at radius 2 is 1.88 bits per heavy atom. The van der Waals surface area contributed by atoms with Crippen LogP contribution >= 0.6 is 23.4 Å². The van der Waals surface area contributed by atoms with Crippen LogP contribution < -0.4 is 0 Å². The van der Waals surface area contributed by atoms with Crippen molar-refractivity contribution in [3.63, 3.8) is 0 Å². The molecular weight excluding hydrogens is 361 g/mol. The first-order chi connectivity index (χ1) is 11.4. The lowest BCUT2D eigenvalue weighted by Crippen LogP contribution is -2.07. The van der Waals surface area contributed by atoms with Crippen molar-refractivity contribution in [2.45, 2.75) is 16.8 Å². The highest BCUT2D eigenvalue weighted by Gasteiger charge is 2.32. The molecule has 0 aliphatic heterocycles. The third-order valence-corrected chi connectivity index (χ3v) is 4.32. The number of halogens is 4. The van der Waals surface area contributed by atoms with Gasteiger partial charge in [0.15, 0.2) is 0 Å². The second kappa shape index (κ2) is 6.82. The first kappa shape index (κ1) is 16.8. The van der Waals surface area contributed by atoms with Crippen LogP contribution in [0.2, 0.25) is 5.02 Å². The molecule has 0 saturated carbocycles. The van der Waals surface area contributed by atoms with Crippen molar-refractivity contribution in [2.24, 2.45) is 0 Å². The summed E-state index contributed by atoms with van der Waals surface area (Å²) < 4.78 is 39.5. The van der Waals surface area contributed by atoms with Gasteiger partial charge >= 0.3 is 6.18 Å². The number of thioether (sulfide) groups is 1. The summed E-state index contributed by atoms with van der Waals surface area (Å²) in [5.74, 6) is 0.398. The van der Waals surface area contributed by atoms with Crippen LogP contribution in [-0.4, -0.2) is 20.0 Å². The molecule has 3 rings (SSSR count). The van der Waals surface area contributed by atoms with Crippen molar-refractivity contribution in [3.05, 3.63) is 65.2 Å². The van der Waals surface area contributed by atoms with E-state index in [0.717, 1.165) is 18.0 Å². The molecule has 24 heavy (non-hydrogen) atoms. The highest BCUT2D eigenvalue weighted by Crippen LogP contribution is 2.31. The van der Waals surface area contributed by atoms with E-state index in [2.05, 4.69) is 15.3 Å². The van der Waals surface area contributed by atoms with Crippen LogP contribution in [0.1, 0.15) is 11.4 Å². The third kappa shape index (κ3) is 4.07. The van der Waals surface area contributed by atoms with Crippen molar-refractivity contribution in [1.82, 2.24) is 20.0 Å². The number of alkyl halides is 3. The first-order valence-corrected chi connectivity index (χ1v) is 8.11. The average Bonchev–Trinajstić information content (AvgIpc) is 3.02. The lowest BCUT2D eigenvalue weighted by Gasteiger charge is -2.06. The fraction of sp³-hybridized carbons (Fsp3) is 0.133. The largest absolute Gasteiger partial charge is 0.433 e. The minimum absolute atomic E-state index is 0.398. The summed E-state index contributed by atoms with van der Waals surface area (Å²) in [6, 6.07) is 9.63. The predicted octanol–water partition coefficient (Wildman–Crippen LogP) is 4.63.